The maximum atomic E-state index is 13.6. The second-order valence-corrected chi connectivity index (χ2v) is 6.14. The van der Waals surface area contributed by atoms with Crippen LogP contribution < -0.4 is 4.72 Å². The molecule has 21 heavy (non-hydrogen) atoms. The average Bonchev–Trinajstić information content (AvgIpc) is 2.30. The molecule has 0 aromatic heterocycles. The number of carboxylic acids is 1. The van der Waals surface area contributed by atoms with Crippen molar-refractivity contribution in [1.29, 1.82) is 0 Å². The molecule has 1 atom stereocenters. The fourth-order valence-electron chi connectivity index (χ4n) is 1.24. The summed E-state index contributed by atoms with van der Waals surface area (Å²) < 4.78 is 76.4. The van der Waals surface area contributed by atoms with E-state index in [2.05, 4.69) is 0 Å². The number of carbonyl (C=O) groups is 1. The van der Waals surface area contributed by atoms with Gasteiger partial charge in [0.2, 0.25) is 15.6 Å². The van der Waals surface area contributed by atoms with Crippen molar-refractivity contribution in [3.05, 3.63) is 29.0 Å². The van der Waals surface area contributed by atoms with Crippen molar-refractivity contribution in [2.24, 2.45) is 0 Å². The van der Waals surface area contributed by atoms with E-state index < -0.39 is 43.4 Å². The summed E-state index contributed by atoms with van der Waals surface area (Å²) in [7, 11) is -5.11. The highest BCUT2D eigenvalue weighted by Gasteiger charge is 2.59. The number of aliphatic carboxylic acids is 1. The molecule has 0 spiro atoms. The van der Waals surface area contributed by atoms with E-state index >= 15 is 0 Å². The fraction of sp³-hybridized carbons (Fsp3) is 0.300. The van der Waals surface area contributed by atoms with Crippen LogP contribution >= 0.6 is 11.6 Å². The van der Waals surface area contributed by atoms with Gasteiger partial charge in [0.25, 0.3) is 0 Å². The van der Waals surface area contributed by atoms with Crippen molar-refractivity contribution in [2.45, 2.75) is 23.5 Å². The molecule has 0 saturated heterocycles. The summed E-state index contributed by atoms with van der Waals surface area (Å²) in [5, 5.41) is 8.00. The van der Waals surface area contributed by atoms with E-state index in [0.717, 1.165) is 16.9 Å². The Morgan fingerprint density at radius 3 is 2.29 bits per heavy atom. The predicted octanol–water partition coefficient (Wildman–Crippen LogP) is 2.16. The van der Waals surface area contributed by atoms with E-state index in [4.69, 9.17) is 16.7 Å². The third kappa shape index (κ3) is 3.27. The number of nitrogens with one attached hydrogen (secondary N) is 1. The van der Waals surface area contributed by atoms with Crippen molar-refractivity contribution in [3.63, 3.8) is 0 Å². The molecule has 11 heteroatoms. The maximum absolute atomic E-state index is 13.6. The Labute approximate surface area is 121 Å². The second kappa shape index (κ2) is 5.43. The van der Waals surface area contributed by atoms with Gasteiger partial charge in [-0.1, -0.05) is 17.7 Å². The molecule has 1 aromatic carbocycles. The van der Waals surface area contributed by atoms with E-state index in [0.29, 0.717) is 6.07 Å². The third-order valence-electron chi connectivity index (χ3n) is 2.54. The zero-order valence-corrected chi connectivity index (χ0v) is 11.8. The van der Waals surface area contributed by atoms with E-state index in [-0.39, 0.29) is 6.92 Å². The zero-order chi connectivity index (χ0) is 16.6. The Balaban J connectivity index is 3.39. The normalized spacial score (nSPS) is 15.5. The molecule has 0 aliphatic rings. The van der Waals surface area contributed by atoms with E-state index in [9.17, 15) is 30.8 Å². The second-order valence-electron chi connectivity index (χ2n) is 4.09. The summed E-state index contributed by atoms with van der Waals surface area (Å²) in [6.07, 6.45) is -5.44. The molecule has 1 unspecified atom stereocenters. The van der Waals surface area contributed by atoms with Crippen LogP contribution in [0.15, 0.2) is 23.1 Å². The third-order valence-corrected chi connectivity index (χ3v) is 4.40. The summed E-state index contributed by atoms with van der Waals surface area (Å²) in [5.41, 5.74) is -3.82. The number of halogens is 5. The number of benzene rings is 1. The first kappa shape index (κ1) is 17.7. The van der Waals surface area contributed by atoms with Crippen LogP contribution in [0.4, 0.5) is 17.6 Å². The van der Waals surface area contributed by atoms with E-state index in [1.54, 1.807) is 0 Å². The van der Waals surface area contributed by atoms with Crippen LogP contribution in [-0.2, 0) is 14.8 Å². The Morgan fingerprint density at radius 2 is 1.86 bits per heavy atom. The number of hydrogen-bond acceptors (Lipinski definition) is 3. The molecule has 118 valence electrons. The minimum absolute atomic E-state index is 0.106. The van der Waals surface area contributed by atoms with Gasteiger partial charge in [-0.05, 0) is 19.1 Å². The quantitative estimate of drug-likeness (QED) is 0.816. The van der Waals surface area contributed by atoms with Gasteiger partial charge in [-0.15, -0.1) is 0 Å². The highest BCUT2D eigenvalue weighted by molar-refractivity contribution is 7.89. The van der Waals surface area contributed by atoms with Gasteiger partial charge in [-0.2, -0.15) is 17.9 Å². The van der Waals surface area contributed by atoms with E-state index in [1.165, 1.54) is 0 Å². The van der Waals surface area contributed by atoms with Crippen molar-refractivity contribution in [1.82, 2.24) is 4.72 Å². The van der Waals surface area contributed by atoms with Gasteiger partial charge in [-0.25, -0.2) is 17.6 Å². The van der Waals surface area contributed by atoms with E-state index in [1.807, 2.05) is 0 Å². The molecule has 0 saturated carbocycles. The summed E-state index contributed by atoms with van der Waals surface area (Å²) in [4.78, 5) is 9.57. The average molecular weight is 350 g/mol. The molecule has 1 rings (SSSR count). The molecule has 0 fully saturated rings. The van der Waals surface area contributed by atoms with Crippen LogP contribution in [0.2, 0.25) is 5.02 Å². The summed E-state index contributed by atoms with van der Waals surface area (Å²) in [5.74, 6) is -3.97. The molecule has 0 aliphatic carbocycles. The first-order valence-corrected chi connectivity index (χ1v) is 6.97. The van der Waals surface area contributed by atoms with Gasteiger partial charge in [0.15, 0.2) is 5.82 Å². The van der Waals surface area contributed by atoms with Gasteiger partial charge >= 0.3 is 12.1 Å². The molecular weight excluding hydrogens is 342 g/mol. The lowest BCUT2D eigenvalue weighted by atomic mass is 10.0. The number of alkyl halides is 3. The highest BCUT2D eigenvalue weighted by atomic mass is 35.5. The molecule has 0 heterocycles. The first-order chi connectivity index (χ1) is 9.33. The van der Waals surface area contributed by atoms with Gasteiger partial charge < -0.3 is 5.11 Å². The Morgan fingerprint density at radius 1 is 1.33 bits per heavy atom. The standard InChI is InChI=1S/C10H8ClF4NO4S/c1-9(8(17)18,10(13,14)15)16-21(19,20)6-4-2-3-5(11)7(6)12/h2-4,16H,1H3,(H,17,18). The molecule has 0 amide bonds. The van der Waals surface area contributed by atoms with Crippen LogP contribution in [0, 0.1) is 5.82 Å². The van der Waals surface area contributed by atoms with Crippen LogP contribution in [0.1, 0.15) is 6.92 Å². The summed E-state index contributed by atoms with van der Waals surface area (Å²) >= 11 is 5.34. The van der Waals surface area contributed by atoms with Crippen LogP contribution in [0.5, 0.6) is 0 Å². The first-order valence-electron chi connectivity index (χ1n) is 5.11. The molecule has 5 nitrogen and oxygen atoms in total. The number of sulfonamides is 1. The van der Waals surface area contributed by atoms with Crippen molar-refractivity contribution >= 4 is 27.6 Å². The summed E-state index contributed by atoms with van der Waals surface area (Å²) in [6.45, 7) is 0.106. The fourth-order valence-corrected chi connectivity index (χ4v) is 2.92. The minimum Gasteiger partial charge on any atom is -0.480 e. The minimum atomic E-state index is -5.44. The molecule has 0 radical (unpaired) electrons. The maximum Gasteiger partial charge on any atom is 0.418 e. The van der Waals surface area contributed by atoms with Gasteiger partial charge in [0, 0.05) is 0 Å². The van der Waals surface area contributed by atoms with Gasteiger partial charge in [0.05, 0.1) is 5.02 Å². The lowest BCUT2D eigenvalue weighted by molar-refractivity contribution is -0.201. The van der Waals surface area contributed by atoms with Crippen LogP contribution in [-0.4, -0.2) is 31.2 Å². The molecule has 2 N–H and O–H groups in total. The largest absolute Gasteiger partial charge is 0.480 e. The smallest absolute Gasteiger partial charge is 0.418 e. The van der Waals surface area contributed by atoms with Gasteiger partial charge in [0.1, 0.15) is 4.90 Å². The Kier molecular flexibility index (Phi) is 4.56. The molecule has 0 bridgehead atoms. The lowest BCUT2D eigenvalue weighted by Gasteiger charge is -2.28. The van der Waals surface area contributed by atoms with Crippen LogP contribution in [0.3, 0.4) is 0 Å². The van der Waals surface area contributed by atoms with Crippen LogP contribution in [0.25, 0.3) is 0 Å². The molecular formula is C10H8ClF4NO4S. The van der Waals surface area contributed by atoms with Crippen molar-refractivity contribution in [2.75, 3.05) is 0 Å². The number of rotatable bonds is 4. The SMILES string of the molecule is CC(NS(=O)(=O)c1cccc(Cl)c1F)(C(=O)O)C(F)(F)F. The van der Waals surface area contributed by atoms with Crippen molar-refractivity contribution in [3.8, 4) is 0 Å². The monoisotopic (exact) mass is 349 g/mol. The molecule has 1 aromatic rings. The number of carboxylic acid groups (broad SMARTS) is 1. The number of hydrogen-bond donors (Lipinski definition) is 2. The Hall–Kier alpha value is -1.39. The van der Waals surface area contributed by atoms with Crippen molar-refractivity contribution < 1.29 is 35.9 Å². The topological polar surface area (TPSA) is 83.5 Å². The Bertz CT molecular complexity index is 676. The highest BCUT2D eigenvalue weighted by Crippen LogP contribution is 2.32. The molecule has 0 aliphatic heterocycles. The lowest BCUT2D eigenvalue weighted by Crippen LogP contribution is -2.61. The predicted molar refractivity (Wildman–Crippen MR) is 63.8 cm³/mol. The zero-order valence-electron chi connectivity index (χ0n) is 10.2. The van der Waals surface area contributed by atoms with Gasteiger partial charge in [-0.3, -0.25) is 0 Å². The summed E-state index contributed by atoms with van der Waals surface area (Å²) in [6, 6.07) is 2.63.